The Morgan fingerprint density at radius 2 is 2.40 bits per heavy atom. The van der Waals surface area contributed by atoms with Crippen molar-refractivity contribution in [1.29, 1.82) is 0 Å². The summed E-state index contributed by atoms with van der Waals surface area (Å²) in [7, 11) is 1.66. The van der Waals surface area contributed by atoms with Crippen molar-refractivity contribution in [2.75, 3.05) is 13.7 Å². The van der Waals surface area contributed by atoms with Crippen LogP contribution in [0.4, 0.5) is 0 Å². The van der Waals surface area contributed by atoms with E-state index in [0.29, 0.717) is 13.2 Å². The normalized spacial score (nSPS) is 12.8. The van der Waals surface area contributed by atoms with E-state index >= 15 is 0 Å². The second kappa shape index (κ2) is 7.02. The number of methoxy groups -OCH3 is 1. The highest BCUT2D eigenvalue weighted by Gasteiger charge is 2.25. The van der Waals surface area contributed by atoms with Crippen LogP contribution in [0.1, 0.15) is 22.2 Å². The summed E-state index contributed by atoms with van der Waals surface area (Å²) < 4.78 is 7.86. The summed E-state index contributed by atoms with van der Waals surface area (Å²) in [6, 6.07) is -0.213. The molecule has 5 nitrogen and oxygen atoms in total. The molecule has 0 spiro atoms. The van der Waals surface area contributed by atoms with Crippen molar-refractivity contribution in [2.24, 2.45) is 5.84 Å². The third kappa shape index (κ3) is 3.08. The minimum absolute atomic E-state index is 0.213. The Labute approximate surface area is 135 Å². The number of thiophene rings is 1. The molecule has 0 amide bonds. The van der Waals surface area contributed by atoms with Crippen LogP contribution in [0.5, 0.6) is 0 Å². The molecule has 2 aromatic heterocycles. The molecule has 20 heavy (non-hydrogen) atoms. The van der Waals surface area contributed by atoms with Crippen molar-refractivity contribution < 1.29 is 4.74 Å². The van der Waals surface area contributed by atoms with E-state index in [2.05, 4.69) is 26.5 Å². The van der Waals surface area contributed by atoms with Crippen LogP contribution in [0.15, 0.2) is 16.0 Å². The number of hydrogen-bond donors (Lipinski definition) is 2. The largest absolute Gasteiger partial charge is 0.383 e. The highest BCUT2D eigenvalue weighted by atomic mass is 79.9. The molecule has 0 bridgehead atoms. The van der Waals surface area contributed by atoms with Gasteiger partial charge in [0.05, 0.1) is 40.6 Å². The van der Waals surface area contributed by atoms with Crippen LogP contribution < -0.4 is 11.3 Å². The van der Waals surface area contributed by atoms with Gasteiger partial charge in [0.25, 0.3) is 0 Å². The van der Waals surface area contributed by atoms with E-state index in [1.54, 1.807) is 24.6 Å². The molecule has 0 aliphatic carbocycles. The molecule has 0 saturated carbocycles. The number of aromatic nitrogens is 2. The Kier molecular flexibility index (Phi) is 5.59. The smallest absolute Gasteiger partial charge is 0.0996 e. The van der Waals surface area contributed by atoms with Crippen LogP contribution in [0.2, 0.25) is 5.02 Å². The van der Waals surface area contributed by atoms with E-state index < -0.39 is 0 Å². The van der Waals surface area contributed by atoms with Gasteiger partial charge in [-0.2, -0.15) is 5.10 Å². The minimum atomic E-state index is -0.213. The van der Waals surface area contributed by atoms with Crippen molar-refractivity contribution in [2.45, 2.75) is 19.5 Å². The van der Waals surface area contributed by atoms with Crippen molar-refractivity contribution in [3.63, 3.8) is 0 Å². The first-order chi connectivity index (χ1) is 9.60. The van der Waals surface area contributed by atoms with Gasteiger partial charge < -0.3 is 4.74 Å². The maximum atomic E-state index is 6.35. The van der Waals surface area contributed by atoms with Gasteiger partial charge in [0.2, 0.25) is 0 Å². The standard InChI is InChI=1S/C12H16BrClN4OS/c1-7-6-20-12(9(7)14)10(17-15)11-8(13)5-16-18(11)3-4-19-2/h5-6,10,17H,3-4,15H2,1-2H3. The molecule has 0 aliphatic heterocycles. The summed E-state index contributed by atoms with van der Waals surface area (Å²) >= 11 is 11.5. The molecule has 3 N–H and O–H groups in total. The molecule has 8 heteroatoms. The molecule has 1 atom stereocenters. The van der Waals surface area contributed by atoms with E-state index in [9.17, 15) is 0 Å². The van der Waals surface area contributed by atoms with Crippen molar-refractivity contribution >= 4 is 38.9 Å². The van der Waals surface area contributed by atoms with E-state index in [1.165, 1.54) is 0 Å². The van der Waals surface area contributed by atoms with E-state index in [1.807, 2.05) is 17.0 Å². The lowest BCUT2D eigenvalue weighted by Crippen LogP contribution is -2.31. The van der Waals surface area contributed by atoms with Gasteiger partial charge in [-0.1, -0.05) is 11.6 Å². The molecule has 2 aromatic rings. The number of halogens is 2. The second-order valence-corrected chi connectivity index (χ2v) is 6.43. The fourth-order valence-electron chi connectivity index (χ4n) is 1.94. The van der Waals surface area contributed by atoms with E-state index in [-0.39, 0.29) is 6.04 Å². The lowest BCUT2D eigenvalue weighted by atomic mass is 10.1. The first kappa shape index (κ1) is 15.9. The molecule has 2 rings (SSSR count). The number of hydrazine groups is 1. The van der Waals surface area contributed by atoms with Gasteiger partial charge in [0.15, 0.2) is 0 Å². The van der Waals surface area contributed by atoms with Crippen molar-refractivity contribution in [3.8, 4) is 0 Å². The third-order valence-corrected chi connectivity index (χ3v) is 5.36. The maximum Gasteiger partial charge on any atom is 0.0996 e. The molecule has 0 aromatic carbocycles. The predicted octanol–water partition coefficient (Wildman–Crippen LogP) is 2.87. The number of rotatable bonds is 6. The number of nitrogens with zero attached hydrogens (tertiary/aromatic N) is 2. The number of nitrogens with two attached hydrogens (primary N) is 1. The van der Waals surface area contributed by atoms with Gasteiger partial charge in [-0.15, -0.1) is 11.3 Å². The second-order valence-electron chi connectivity index (χ2n) is 4.29. The fraction of sp³-hybridized carbons (Fsp3) is 0.417. The van der Waals surface area contributed by atoms with Crippen LogP contribution in [0, 0.1) is 6.92 Å². The number of hydrogen-bond acceptors (Lipinski definition) is 5. The van der Waals surface area contributed by atoms with Gasteiger partial charge in [-0.3, -0.25) is 10.5 Å². The molecule has 0 saturated heterocycles. The zero-order valence-electron chi connectivity index (χ0n) is 11.2. The lowest BCUT2D eigenvalue weighted by molar-refractivity contribution is 0.182. The Hall–Kier alpha value is -0.440. The summed E-state index contributed by atoms with van der Waals surface area (Å²) in [5.74, 6) is 5.75. The number of aryl methyl sites for hydroxylation is 1. The summed E-state index contributed by atoms with van der Waals surface area (Å²) in [5.41, 5.74) is 4.81. The summed E-state index contributed by atoms with van der Waals surface area (Å²) in [6.45, 7) is 3.21. The molecule has 1 unspecified atom stereocenters. The first-order valence-corrected chi connectivity index (χ1v) is 8.05. The Morgan fingerprint density at radius 1 is 1.65 bits per heavy atom. The topological polar surface area (TPSA) is 65.1 Å². The monoisotopic (exact) mass is 378 g/mol. The highest BCUT2D eigenvalue weighted by Crippen LogP contribution is 2.37. The molecule has 2 heterocycles. The van der Waals surface area contributed by atoms with Crippen LogP contribution in [-0.4, -0.2) is 23.5 Å². The Balaban J connectivity index is 2.41. The average molecular weight is 380 g/mol. The average Bonchev–Trinajstić information content (AvgIpc) is 2.96. The summed E-state index contributed by atoms with van der Waals surface area (Å²) in [5, 5.41) is 7.10. The van der Waals surface area contributed by atoms with Crippen molar-refractivity contribution in [1.82, 2.24) is 15.2 Å². The highest BCUT2D eigenvalue weighted by molar-refractivity contribution is 9.10. The minimum Gasteiger partial charge on any atom is -0.383 e. The quantitative estimate of drug-likeness (QED) is 0.598. The van der Waals surface area contributed by atoms with E-state index in [0.717, 1.165) is 25.6 Å². The van der Waals surface area contributed by atoms with E-state index in [4.69, 9.17) is 22.2 Å². The van der Waals surface area contributed by atoms with Gasteiger partial charge in [-0.25, -0.2) is 5.43 Å². The number of ether oxygens (including phenoxy) is 1. The molecule has 0 radical (unpaired) electrons. The van der Waals surface area contributed by atoms with Crippen molar-refractivity contribution in [3.05, 3.63) is 37.2 Å². The SMILES string of the molecule is COCCn1ncc(Br)c1C(NN)c1scc(C)c1Cl. The van der Waals surface area contributed by atoms with Crippen LogP contribution >= 0.6 is 38.9 Å². The molecular formula is C12H16BrClN4OS. The first-order valence-electron chi connectivity index (χ1n) is 5.99. The fourth-order valence-corrected chi connectivity index (χ4v) is 3.83. The third-order valence-electron chi connectivity index (χ3n) is 2.97. The van der Waals surface area contributed by atoms with Crippen LogP contribution in [-0.2, 0) is 11.3 Å². The van der Waals surface area contributed by atoms with Gasteiger partial charge in [0, 0.05) is 12.0 Å². The van der Waals surface area contributed by atoms with Crippen LogP contribution in [0.25, 0.3) is 0 Å². The molecular weight excluding hydrogens is 364 g/mol. The maximum absolute atomic E-state index is 6.35. The zero-order valence-corrected chi connectivity index (χ0v) is 14.3. The predicted molar refractivity (Wildman–Crippen MR) is 85.0 cm³/mol. The summed E-state index contributed by atoms with van der Waals surface area (Å²) in [4.78, 5) is 0.978. The van der Waals surface area contributed by atoms with Crippen LogP contribution in [0.3, 0.4) is 0 Å². The number of nitrogens with one attached hydrogen (secondary N) is 1. The Bertz CT molecular complexity index is 586. The zero-order chi connectivity index (χ0) is 14.7. The molecule has 110 valence electrons. The Morgan fingerprint density at radius 3 is 2.95 bits per heavy atom. The lowest BCUT2D eigenvalue weighted by Gasteiger charge is -2.18. The summed E-state index contributed by atoms with van der Waals surface area (Å²) in [6.07, 6.45) is 1.75. The molecule has 0 fully saturated rings. The van der Waals surface area contributed by atoms with Gasteiger partial charge in [-0.05, 0) is 33.8 Å². The molecule has 0 aliphatic rings. The van der Waals surface area contributed by atoms with Gasteiger partial charge in [0.1, 0.15) is 0 Å². The van der Waals surface area contributed by atoms with Gasteiger partial charge >= 0.3 is 0 Å².